The van der Waals surface area contributed by atoms with E-state index >= 15 is 0 Å². The lowest BCUT2D eigenvalue weighted by molar-refractivity contribution is -0.114. The van der Waals surface area contributed by atoms with Gasteiger partial charge in [0.2, 0.25) is 5.91 Å². The summed E-state index contributed by atoms with van der Waals surface area (Å²) < 4.78 is 7.32. The number of pyridine rings is 2. The number of amides is 1. The predicted molar refractivity (Wildman–Crippen MR) is 98.5 cm³/mol. The van der Waals surface area contributed by atoms with Crippen LogP contribution in [0.3, 0.4) is 0 Å². The molecule has 0 radical (unpaired) electrons. The minimum absolute atomic E-state index is 0.153. The topological polar surface area (TPSA) is 81.9 Å². The molecular formula is C19H21N5O2. The van der Waals surface area contributed by atoms with E-state index in [1.165, 1.54) is 6.92 Å². The van der Waals surface area contributed by atoms with Crippen LogP contribution in [0.1, 0.15) is 37.6 Å². The summed E-state index contributed by atoms with van der Waals surface area (Å²) in [5.74, 6) is 1.45. The molecule has 26 heavy (non-hydrogen) atoms. The number of nitrogens with one attached hydrogen (secondary N) is 1. The summed E-state index contributed by atoms with van der Waals surface area (Å²) >= 11 is 0. The molecule has 0 bridgehead atoms. The number of carbonyl (C=O) groups excluding carboxylic acids is 1. The van der Waals surface area contributed by atoms with Gasteiger partial charge in [0.1, 0.15) is 5.82 Å². The lowest BCUT2D eigenvalue weighted by atomic mass is 10.0. The SMILES string of the molecule is CCc1nn(-c2cccc(C3CCOC3)n2)c2cc(NC(C)=O)ncc12. The summed E-state index contributed by atoms with van der Waals surface area (Å²) in [6.07, 6.45) is 3.55. The molecule has 1 unspecified atom stereocenters. The highest BCUT2D eigenvalue weighted by molar-refractivity contribution is 5.91. The molecule has 3 aromatic heterocycles. The maximum Gasteiger partial charge on any atom is 0.222 e. The van der Waals surface area contributed by atoms with Crippen molar-refractivity contribution < 1.29 is 9.53 Å². The van der Waals surface area contributed by atoms with E-state index in [2.05, 4.69) is 17.2 Å². The number of hydrogen-bond donors (Lipinski definition) is 1. The average molecular weight is 351 g/mol. The lowest BCUT2D eigenvalue weighted by Gasteiger charge is -2.10. The third kappa shape index (κ3) is 3.06. The molecule has 1 aliphatic heterocycles. The minimum Gasteiger partial charge on any atom is -0.381 e. The number of ether oxygens (including phenoxy) is 1. The standard InChI is InChI=1S/C19H21N5O2/c1-3-15-14-10-20-18(21-12(2)25)9-17(14)24(23-15)19-6-4-5-16(22-19)13-7-8-26-11-13/h4-6,9-10,13H,3,7-8,11H2,1-2H3,(H,20,21,25). The van der Waals surface area contributed by atoms with Crippen molar-refractivity contribution in [3.05, 3.63) is 41.9 Å². The number of nitrogens with zero attached hydrogens (tertiary/aromatic N) is 4. The molecule has 0 saturated carbocycles. The first kappa shape index (κ1) is 16.7. The van der Waals surface area contributed by atoms with Crippen molar-refractivity contribution in [1.82, 2.24) is 19.7 Å². The lowest BCUT2D eigenvalue weighted by Crippen LogP contribution is -2.08. The molecule has 0 aromatic carbocycles. The third-order valence-electron chi connectivity index (χ3n) is 4.60. The molecule has 1 amide bonds. The second-order valence-electron chi connectivity index (χ2n) is 6.46. The number of aromatic nitrogens is 4. The summed E-state index contributed by atoms with van der Waals surface area (Å²) in [7, 11) is 0. The zero-order valence-electron chi connectivity index (χ0n) is 14.9. The van der Waals surface area contributed by atoms with E-state index in [0.29, 0.717) is 18.3 Å². The molecule has 0 spiro atoms. The Bertz CT molecular complexity index is 960. The van der Waals surface area contributed by atoms with E-state index in [1.54, 1.807) is 6.20 Å². The van der Waals surface area contributed by atoms with Gasteiger partial charge in [-0.3, -0.25) is 4.79 Å². The smallest absolute Gasteiger partial charge is 0.222 e. The number of aryl methyl sites for hydroxylation is 1. The molecule has 3 aromatic rings. The fraction of sp³-hybridized carbons (Fsp3) is 0.368. The zero-order chi connectivity index (χ0) is 18.1. The van der Waals surface area contributed by atoms with Crippen molar-refractivity contribution >= 4 is 22.6 Å². The van der Waals surface area contributed by atoms with Gasteiger partial charge in [-0.05, 0) is 25.0 Å². The number of anilines is 1. The van der Waals surface area contributed by atoms with Crippen LogP contribution < -0.4 is 5.32 Å². The van der Waals surface area contributed by atoms with Gasteiger partial charge in [-0.2, -0.15) is 5.10 Å². The fourth-order valence-corrected chi connectivity index (χ4v) is 3.31. The van der Waals surface area contributed by atoms with Crippen LogP contribution in [0.2, 0.25) is 0 Å². The Labute approximate surface area is 151 Å². The quantitative estimate of drug-likeness (QED) is 0.781. The number of fused-ring (bicyclic) bond motifs is 1. The molecule has 1 aliphatic rings. The van der Waals surface area contributed by atoms with Gasteiger partial charge in [-0.25, -0.2) is 14.6 Å². The van der Waals surface area contributed by atoms with Crippen LogP contribution in [-0.4, -0.2) is 38.9 Å². The normalized spacial score (nSPS) is 16.9. The van der Waals surface area contributed by atoms with Crippen LogP contribution in [0.5, 0.6) is 0 Å². The van der Waals surface area contributed by atoms with Crippen LogP contribution in [0.4, 0.5) is 5.82 Å². The zero-order valence-corrected chi connectivity index (χ0v) is 14.9. The van der Waals surface area contributed by atoms with Crippen LogP contribution >= 0.6 is 0 Å². The van der Waals surface area contributed by atoms with Crippen molar-refractivity contribution in [3.63, 3.8) is 0 Å². The molecule has 1 fully saturated rings. The Hall–Kier alpha value is -2.80. The minimum atomic E-state index is -0.153. The Morgan fingerprint density at radius 1 is 1.42 bits per heavy atom. The van der Waals surface area contributed by atoms with Crippen LogP contribution in [-0.2, 0) is 16.0 Å². The number of carbonyl (C=O) groups is 1. The summed E-state index contributed by atoms with van der Waals surface area (Å²) in [5, 5.41) is 8.44. The molecule has 1 N–H and O–H groups in total. The average Bonchev–Trinajstić information content (AvgIpc) is 3.29. The number of hydrogen-bond acceptors (Lipinski definition) is 5. The molecular weight excluding hydrogens is 330 g/mol. The van der Waals surface area contributed by atoms with E-state index in [-0.39, 0.29) is 5.91 Å². The molecule has 7 nitrogen and oxygen atoms in total. The van der Waals surface area contributed by atoms with Crippen LogP contribution in [0, 0.1) is 0 Å². The molecule has 4 rings (SSSR count). The van der Waals surface area contributed by atoms with Gasteiger partial charge in [0.25, 0.3) is 0 Å². The van der Waals surface area contributed by atoms with Gasteiger partial charge in [-0.15, -0.1) is 0 Å². The van der Waals surface area contributed by atoms with Gasteiger partial charge < -0.3 is 10.1 Å². The van der Waals surface area contributed by atoms with Crippen LogP contribution in [0.15, 0.2) is 30.5 Å². The maximum atomic E-state index is 11.4. The summed E-state index contributed by atoms with van der Waals surface area (Å²) in [5.41, 5.74) is 2.86. The molecule has 7 heteroatoms. The summed E-state index contributed by atoms with van der Waals surface area (Å²) in [4.78, 5) is 20.5. The Balaban J connectivity index is 1.82. The van der Waals surface area contributed by atoms with Crippen molar-refractivity contribution in [2.75, 3.05) is 18.5 Å². The molecule has 4 heterocycles. The van der Waals surface area contributed by atoms with Crippen molar-refractivity contribution in [1.29, 1.82) is 0 Å². The highest BCUT2D eigenvalue weighted by Crippen LogP contribution is 2.27. The van der Waals surface area contributed by atoms with Gasteiger partial charge in [0.15, 0.2) is 5.82 Å². The monoisotopic (exact) mass is 351 g/mol. The maximum absolute atomic E-state index is 11.4. The Morgan fingerprint density at radius 3 is 3.04 bits per heavy atom. The van der Waals surface area contributed by atoms with E-state index in [4.69, 9.17) is 14.8 Å². The Morgan fingerprint density at radius 2 is 2.31 bits per heavy atom. The van der Waals surface area contributed by atoms with Crippen molar-refractivity contribution in [2.24, 2.45) is 0 Å². The van der Waals surface area contributed by atoms with Gasteiger partial charge in [0, 0.05) is 42.8 Å². The van der Waals surface area contributed by atoms with Gasteiger partial charge in [-0.1, -0.05) is 13.0 Å². The molecule has 0 aliphatic carbocycles. The highest BCUT2D eigenvalue weighted by atomic mass is 16.5. The number of rotatable bonds is 4. The van der Waals surface area contributed by atoms with E-state index < -0.39 is 0 Å². The second-order valence-corrected chi connectivity index (χ2v) is 6.46. The van der Waals surface area contributed by atoms with Crippen LogP contribution in [0.25, 0.3) is 16.7 Å². The van der Waals surface area contributed by atoms with E-state index in [1.807, 2.05) is 28.9 Å². The van der Waals surface area contributed by atoms with Crippen molar-refractivity contribution in [3.8, 4) is 5.82 Å². The summed E-state index contributed by atoms with van der Waals surface area (Å²) in [6.45, 7) is 5.03. The summed E-state index contributed by atoms with van der Waals surface area (Å²) in [6, 6.07) is 7.84. The van der Waals surface area contributed by atoms with E-state index in [9.17, 15) is 4.79 Å². The fourth-order valence-electron chi connectivity index (χ4n) is 3.31. The second kappa shape index (κ2) is 6.84. The molecule has 134 valence electrons. The largest absolute Gasteiger partial charge is 0.381 e. The first-order valence-corrected chi connectivity index (χ1v) is 8.86. The Kier molecular flexibility index (Phi) is 4.38. The molecule has 1 atom stereocenters. The predicted octanol–water partition coefficient (Wildman–Crippen LogP) is 2.84. The van der Waals surface area contributed by atoms with Crippen molar-refractivity contribution in [2.45, 2.75) is 32.6 Å². The van der Waals surface area contributed by atoms with Gasteiger partial charge >= 0.3 is 0 Å². The van der Waals surface area contributed by atoms with E-state index in [0.717, 1.165) is 47.6 Å². The highest BCUT2D eigenvalue weighted by Gasteiger charge is 2.20. The van der Waals surface area contributed by atoms with Gasteiger partial charge in [0.05, 0.1) is 17.8 Å². The first-order valence-electron chi connectivity index (χ1n) is 8.86. The third-order valence-corrected chi connectivity index (χ3v) is 4.60. The first-order chi connectivity index (χ1) is 12.7. The molecule has 1 saturated heterocycles.